The van der Waals surface area contributed by atoms with Crippen LogP contribution in [0.3, 0.4) is 0 Å². The van der Waals surface area contributed by atoms with Gasteiger partial charge in [-0.25, -0.2) is 9.97 Å². The van der Waals surface area contributed by atoms with Gasteiger partial charge >= 0.3 is 0 Å². The van der Waals surface area contributed by atoms with Crippen LogP contribution in [0.4, 0.5) is 5.69 Å². The Balaban J connectivity index is 1.52. The fourth-order valence-corrected chi connectivity index (χ4v) is 2.71. The molecule has 3 rings (SSSR count). The molecule has 0 radical (unpaired) electrons. The fraction of sp³-hybridized carbons (Fsp3) is 0.105. The minimum absolute atomic E-state index is 0.107. The molecule has 0 spiro atoms. The predicted octanol–water partition coefficient (Wildman–Crippen LogP) is 4.31. The average molecular weight is 351 g/mol. The van der Waals surface area contributed by atoms with Gasteiger partial charge in [-0.05, 0) is 55.0 Å². The second-order valence-corrected chi connectivity index (χ2v) is 6.25. The van der Waals surface area contributed by atoms with Gasteiger partial charge in [0.05, 0.1) is 5.75 Å². The Labute approximate surface area is 150 Å². The van der Waals surface area contributed by atoms with Crippen LogP contribution in [0.2, 0.25) is 0 Å². The number of carbonyl (C=O) groups excluding carboxylic acids is 1. The molecule has 3 aromatic rings. The first-order valence-corrected chi connectivity index (χ1v) is 8.72. The van der Waals surface area contributed by atoms with Gasteiger partial charge in [-0.3, -0.25) is 4.79 Å². The molecule has 5 nitrogen and oxygen atoms in total. The molecule has 0 bridgehead atoms. The summed E-state index contributed by atoms with van der Waals surface area (Å²) < 4.78 is 5.79. The Bertz CT molecular complexity index is 839. The van der Waals surface area contributed by atoms with Gasteiger partial charge in [-0.15, -0.1) is 0 Å². The second kappa shape index (κ2) is 8.30. The summed E-state index contributed by atoms with van der Waals surface area (Å²) in [7, 11) is 0. The number of nitrogens with zero attached hydrogens (tertiary/aromatic N) is 2. The first-order valence-electron chi connectivity index (χ1n) is 7.73. The molecule has 126 valence electrons. The highest BCUT2D eigenvalue weighted by Gasteiger charge is 2.05. The van der Waals surface area contributed by atoms with E-state index in [0.717, 1.165) is 22.7 Å². The van der Waals surface area contributed by atoms with E-state index in [1.54, 1.807) is 18.5 Å². The van der Waals surface area contributed by atoms with Crippen LogP contribution in [-0.4, -0.2) is 21.6 Å². The predicted molar refractivity (Wildman–Crippen MR) is 99.1 cm³/mol. The zero-order valence-electron chi connectivity index (χ0n) is 13.7. The van der Waals surface area contributed by atoms with Crippen molar-refractivity contribution in [3.63, 3.8) is 0 Å². The van der Waals surface area contributed by atoms with Crippen LogP contribution < -0.4 is 10.1 Å². The fourth-order valence-electron chi connectivity index (χ4n) is 2.11. The molecule has 0 aliphatic carbocycles. The zero-order valence-corrected chi connectivity index (χ0v) is 14.5. The smallest absolute Gasteiger partial charge is 0.234 e. The van der Waals surface area contributed by atoms with Gasteiger partial charge in [0.1, 0.15) is 11.5 Å². The topological polar surface area (TPSA) is 64.1 Å². The maximum atomic E-state index is 12.0. The van der Waals surface area contributed by atoms with E-state index in [1.165, 1.54) is 11.8 Å². The standard InChI is InChI=1S/C19H17N3O2S/c1-14-4-2-5-17(12-14)24-16-8-6-15(7-9-16)22-18(23)13-25-19-20-10-3-11-21-19/h2-12H,13H2,1H3,(H,22,23). The SMILES string of the molecule is Cc1cccc(Oc2ccc(NC(=O)CSc3ncccn3)cc2)c1. The summed E-state index contributed by atoms with van der Waals surface area (Å²) in [5, 5.41) is 3.42. The van der Waals surface area contributed by atoms with Gasteiger partial charge in [0.15, 0.2) is 5.16 Å². The van der Waals surface area contributed by atoms with Crippen molar-refractivity contribution in [3.8, 4) is 11.5 Å². The zero-order chi connectivity index (χ0) is 17.5. The molecular formula is C19H17N3O2S. The summed E-state index contributed by atoms with van der Waals surface area (Å²) in [5.74, 6) is 1.66. The summed E-state index contributed by atoms with van der Waals surface area (Å²) in [5.41, 5.74) is 1.86. The maximum absolute atomic E-state index is 12.0. The van der Waals surface area contributed by atoms with Crippen molar-refractivity contribution in [3.05, 3.63) is 72.6 Å². The average Bonchev–Trinajstić information content (AvgIpc) is 2.63. The molecular weight excluding hydrogens is 334 g/mol. The summed E-state index contributed by atoms with van der Waals surface area (Å²) >= 11 is 1.30. The third-order valence-corrected chi connectivity index (χ3v) is 4.11. The number of carbonyl (C=O) groups is 1. The second-order valence-electron chi connectivity index (χ2n) is 5.31. The molecule has 1 amide bonds. The number of rotatable bonds is 6. The Morgan fingerprint density at radius 3 is 2.52 bits per heavy atom. The number of hydrogen-bond acceptors (Lipinski definition) is 5. The lowest BCUT2D eigenvalue weighted by Crippen LogP contribution is -2.14. The minimum Gasteiger partial charge on any atom is -0.457 e. The molecule has 1 aromatic heterocycles. The number of hydrogen-bond donors (Lipinski definition) is 1. The molecule has 0 unspecified atom stereocenters. The number of amides is 1. The van der Waals surface area contributed by atoms with Gasteiger partial charge in [0.2, 0.25) is 5.91 Å². The highest BCUT2D eigenvalue weighted by molar-refractivity contribution is 7.99. The minimum atomic E-state index is -0.107. The van der Waals surface area contributed by atoms with E-state index in [4.69, 9.17) is 4.74 Å². The van der Waals surface area contributed by atoms with Crippen LogP contribution in [0.15, 0.2) is 72.1 Å². The number of anilines is 1. The first kappa shape index (κ1) is 17.0. The number of benzene rings is 2. The normalized spacial score (nSPS) is 10.3. The third kappa shape index (κ3) is 5.32. The van der Waals surface area contributed by atoms with E-state index in [9.17, 15) is 4.79 Å². The van der Waals surface area contributed by atoms with E-state index in [-0.39, 0.29) is 11.7 Å². The lowest BCUT2D eigenvalue weighted by Gasteiger charge is -2.08. The summed E-state index contributed by atoms with van der Waals surface area (Å²) in [6.45, 7) is 2.02. The molecule has 0 atom stereocenters. The van der Waals surface area contributed by atoms with E-state index in [0.29, 0.717) is 5.16 Å². The van der Waals surface area contributed by atoms with Crippen molar-refractivity contribution in [2.24, 2.45) is 0 Å². The summed E-state index contributed by atoms with van der Waals surface area (Å²) in [6.07, 6.45) is 3.31. The maximum Gasteiger partial charge on any atom is 0.234 e. The molecule has 6 heteroatoms. The number of aryl methyl sites for hydroxylation is 1. The van der Waals surface area contributed by atoms with Gasteiger partial charge in [0, 0.05) is 18.1 Å². The van der Waals surface area contributed by atoms with E-state index in [2.05, 4.69) is 15.3 Å². The first-order chi connectivity index (χ1) is 12.2. The Morgan fingerprint density at radius 1 is 1.04 bits per heavy atom. The molecule has 0 aliphatic heterocycles. The van der Waals surface area contributed by atoms with Crippen LogP contribution in [0.25, 0.3) is 0 Å². The van der Waals surface area contributed by atoms with Crippen molar-refractivity contribution < 1.29 is 9.53 Å². The van der Waals surface area contributed by atoms with Crippen molar-refractivity contribution in [2.75, 3.05) is 11.1 Å². The van der Waals surface area contributed by atoms with Crippen LogP contribution in [0.5, 0.6) is 11.5 Å². The number of ether oxygens (including phenoxy) is 1. The van der Waals surface area contributed by atoms with Crippen LogP contribution in [0.1, 0.15) is 5.56 Å². The molecule has 0 saturated heterocycles. The molecule has 0 aliphatic rings. The van der Waals surface area contributed by atoms with Crippen molar-refractivity contribution in [1.82, 2.24) is 9.97 Å². The Kier molecular flexibility index (Phi) is 5.64. The number of nitrogens with one attached hydrogen (secondary N) is 1. The molecule has 0 saturated carbocycles. The van der Waals surface area contributed by atoms with Crippen LogP contribution >= 0.6 is 11.8 Å². The molecule has 2 aromatic carbocycles. The van der Waals surface area contributed by atoms with Crippen LogP contribution in [0, 0.1) is 6.92 Å². The van der Waals surface area contributed by atoms with Crippen LogP contribution in [-0.2, 0) is 4.79 Å². The summed E-state index contributed by atoms with van der Waals surface area (Å²) in [4.78, 5) is 20.1. The quantitative estimate of drug-likeness (QED) is 0.530. The molecule has 1 heterocycles. The van der Waals surface area contributed by atoms with Crippen molar-refractivity contribution in [1.29, 1.82) is 0 Å². The van der Waals surface area contributed by atoms with Gasteiger partial charge < -0.3 is 10.1 Å². The highest BCUT2D eigenvalue weighted by Crippen LogP contribution is 2.23. The van der Waals surface area contributed by atoms with Gasteiger partial charge in [0.25, 0.3) is 0 Å². The highest BCUT2D eigenvalue weighted by atomic mass is 32.2. The van der Waals surface area contributed by atoms with E-state index in [1.807, 2.05) is 55.5 Å². The monoisotopic (exact) mass is 351 g/mol. The van der Waals surface area contributed by atoms with Crippen molar-refractivity contribution >= 4 is 23.4 Å². The number of thioether (sulfide) groups is 1. The van der Waals surface area contributed by atoms with E-state index >= 15 is 0 Å². The Morgan fingerprint density at radius 2 is 1.80 bits per heavy atom. The van der Waals surface area contributed by atoms with Crippen molar-refractivity contribution in [2.45, 2.75) is 12.1 Å². The van der Waals surface area contributed by atoms with E-state index < -0.39 is 0 Å². The lowest BCUT2D eigenvalue weighted by molar-refractivity contribution is -0.113. The Hall–Kier alpha value is -2.86. The third-order valence-electron chi connectivity index (χ3n) is 3.24. The lowest BCUT2D eigenvalue weighted by atomic mass is 10.2. The number of aromatic nitrogens is 2. The molecule has 0 fully saturated rings. The summed E-state index contributed by atoms with van der Waals surface area (Å²) in [6, 6.07) is 16.9. The van der Waals surface area contributed by atoms with Gasteiger partial charge in [-0.2, -0.15) is 0 Å². The molecule has 25 heavy (non-hydrogen) atoms. The molecule has 1 N–H and O–H groups in total. The van der Waals surface area contributed by atoms with Gasteiger partial charge in [-0.1, -0.05) is 23.9 Å². The largest absolute Gasteiger partial charge is 0.457 e.